The minimum atomic E-state index is -0.402. The normalized spacial score (nSPS) is 25.3. The summed E-state index contributed by atoms with van der Waals surface area (Å²) in [6.07, 6.45) is 4.03. The number of nitrogens with one attached hydrogen (secondary N) is 1. The molecule has 1 atom stereocenters. The Kier molecular flexibility index (Phi) is 5.21. The summed E-state index contributed by atoms with van der Waals surface area (Å²) in [6, 6.07) is 18.0. The lowest BCUT2D eigenvalue weighted by atomic mass is 9.78. The third-order valence-corrected chi connectivity index (χ3v) is 7.84. The number of amides is 1. The summed E-state index contributed by atoms with van der Waals surface area (Å²) in [7, 11) is 0. The van der Waals surface area contributed by atoms with Crippen LogP contribution in [0.15, 0.2) is 65.4 Å². The van der Waals surface area contributed by atoms with Crippen LogP contribution in [0.2, 0.25) is 0 Å². The van der Waals surface area contributed by atoms with Crippen molar-refractivity contribution >= 4 is 17.7 Å². The standard InChI is InChI=1S/C27H27N3O4/c31-25(28-24-11-14-33-29-24)17-30-12-9-18(10-13-30)23(16-30)34-27(32)26-21-7-3-1-5-19(21)15-20-6-2-4-8-22(20)26/h1-8,11,14,18,23,26H,9-10,12-13,15-17H2/p+1. The highest BCUT2D eigenvalue weighted by molar-refractivity contribution is 5.90. The lowest BCUT2D eigenvalue weighted by molar-refractivity contribution is -0.938. The predicted molar refractivity (Wildman–Crippen MR) is 125 cm³/mol. The lowest BCUT2D eigenvalue weighted by Gasteiger charge is -2.51. The summed E-state index contributed by atoms with van der Waals surface area (Å²) < 4.78 is 11.7. The first kappa shape index (κ1) is 21.1. The van der Waals surface area contributed by atoms with Crippen LogP contribution in [0.25, 0.3) is 0 Å². The molecule has 1 unspecified atom stereocenters. The zero-order valence-corrected chi connectivity index (χ0v) is 19.0. The maximum atomic E-state index is 13.7. The molecule has 0 radical (unpaired) electrons. The average Bonchev–Trinajstić information content (AvgIpc) is 3.35. The average molecular weight is 459 g/mol. The highest BCUT2D eigenvalue weighted by Crippen LogP contribution is 2.40. The highest BCUT2D eigenvalue weighted by Gasteiger charge is 2.49. The minimum absolute atomic E-state index is 0.0885. The van der Waals surface area contributed by atoms with E-state index in [1.165, 1.54) is 17.4 Å². The van der Waals surface area contributed by atoms with Crippen LogP contribution in [0.4, 0.5) is 5.82 Å². The second kappa shape index (κ2) is 8.40. The molecule has 1 amide bonds. The topological polar surface area (TPSA) is 81.4 Å². The van der Waals surface area contributed by atoms with Crippen molar-refractivity contribution < 1.29 is 23.3 Å². The van der Waals surface area contributed by atoms with Gasteiger partial charge < -0.3 is 19.1 Å². The van der Waals surface area contributed by atoms with Crippen molar-refractivity contribution in [3.63, 3.8) is 0 Å². The van der Waals surface area contributed by atoms with Gasteiger partial charge in [-0.15, -0.1) is 0 Å². The first-order chi connectivity index (χ1) is 16.6. The maximum absolute atomic E-state index is 13.7. The van der Waals surface area contributed by atoms with E-state index >= 15 is 0 Å². The van der Waals surface area contributed by atoms with E-state index in [2.05, 4.69) is 34.7 Å². The Morgan fingerprint density at radius 2 is 1.68 bits per heavy atom. The molecule has 2 aromatic carbocycles. The summed E-state index contributed by atoms with van der Waals surface area (Å²) in [6.45, 7) is 2.89. The number of nitrogens with zero attached hydrogens (tertiary/aromatic N) is 2. The van der Waals surface area contributed by atoms with E-state index in [1.54, 1.807) is 6.07 Å². The van der Waals surface area contributed by atoms with Gasteiger partial charge in [-0.1, -0.05) is 53.7 Å². The van der Waals surface area contributed by atoms with Gasteiger partial charge in [-0.2, -0.15) is 0 Å². The molecular formula is C27H28N3O4+. The van der Waals surface area contributed by atoms with E-state index in [-0.39, 0.29) is 18.0 Å². The molecule has 3 aliphatic heterocycles. The number of benzene rings is 2. The molecule has 1 aromatic heterocycles. The molecule has 4 aliphatic rings. The summed E-state index contributed by atoms with van der Waals surface area (Å²) in [5.74, 6) is 0.114. The number of carbonyl (C=O) groups excluding carboxylic acids is 2. The first-order valence-corrected chi connectivity index (χ1v) is 12.0. The second-order valence-corrected chi connectivity index (χ2v) is 9.88. The molecule has 3 saturated heterocycles. The van der Waals surface area contributed by atoms with Crippen LogP contribution in [0, 0.1) is 5.92 Å². The van der Waals surface area contributed by atoms with Gasteiger partial charge in [0.2, 0.25) is 0 Å². The third kappa shape index (κ3) is 3.80. The van der Waals surface area contributed by atoms with E-state index in [0.29, 0.717) is 29.3 Å². The van der Waals surface area contributed by atoms with Crippen LogP contribution in [0.1, 0.15) is 41.0 Å². The molecule has 7 rings (SSSR count). The zero-order chi connectivity index (χ0) is 23.1. The predicted octanol–water partition coefficient (Wildman–Crippen LogP) is 3.50. The number of carbonyl (C=O) groups is 2. The molecule has 7 nitrogen and oxygen atoms in total. The molecule has 3 aromatic rings. The molecule has 7 heteroatoms. The molecule has 0 saturated carbocycles. The molecular weight excluding hydrogens is 430 g/mol. The van der Waals surface area contributed by atoms with Crippen LogP contribution in [0.3, 0.4) is 0 Å². The van der Waals surface area contributed by atoms with Crippen molar-refractivity contribution in [1.82, 2.24) is 5.16 Å². The largest absolute Gasteiger partial charge is 0.455 e. The first-order valence-electron chi connectivity index (χ1n) is 12.0. The zero-order valence-electron chi connectivity index (χ0n) is 19.0. The molecule has 4 heterocycles. The van der Waals surface area contributed by atoms with Crippen molar-refractivity contribution in [2.24, 2.45) is 5.92 Å². The highest BCUT2D eigenvalue weighted by atomic mass is 16.5. The number of aromatic nitrogens is 1. The minimum Gasteiger partial charge on any atom is -0.455 e. The quantitative estimate of drug-likeness (QED) is 0.468. The Bertz CT molecular complexity index is 1170. The molecule has 174 valence electrons. The van der Waals surface area contributed by atoms with Crippen molar-refractivity contribution in [2.75, 3.05) is 31.5 Å². The number of hydrogen-bond acceptors (Lipinski definition) is 5. The van der Waals surface area contributed by atoms with Crippen molar-refractivity contribution in [3.05, 3.63) is 83.1 Å². The number of quaternary nitrogens is 1. The van der Waals surface area contributed by atoms with Crippen LogP contribution in [-0.2, 0) is 20.7 Å². The van der Waals surface area contributed by atoms with E-state index in [9.17, 15) is 9.59 Å². The van der Waals surface area contributed by atoms with Crippen molar-refractivity contribution in [1.29, 1.82) is 0 Å². The van der Waals surface area contributed by atoms with Crippen LogP contribution >= 0.6 is 0 Å². The summed E-state index contributed by atoms with van der Waals surface area (Å²) >= 11 is 0. The van der Waals surface area contributed by atoms with Crippen molar-refractivity contribution in [2.45, 2.75) is 31.3 Å². The Morgan fingerprint density at radius 1 is 1.00 bits per heavy atom. The Labute approximate surface area is 198 Å². The molecule has 2 bridgehead atoms. The van der Waals surface area contributed by atoms with Gasteiger partial charge in [-0.3, -0.25) is 9.59 Å². The second-order valence-electron chi connectivity index (χ2n) is 9.88. The van der Waals surface area contributed by atoms with Gasteiger partial charge in [-0.25, -0.2) is 0 Å². The fraction of sp³-hybridized carbons (Fsp3) is 0.370. The Hall–Kier alpha value is -3.45. The third-order valence-electron chi connectivity index (χ3n) is 7.84. The van der Waals surface area contributed by atoms with E-state index in [4.69, 9.17) is 9.26 Å². The summed E-state index contributed by atoms with van der Waals surface area (Å²) in [5.41, 5.74) is 4.46. The number of anilines is 1. The Morgan fingerprint density at radius 3 is 2.32 bits per heavy atom. The SMILES string of the molecule is O=C(C[N+]12CCC(CC1)C(OC(=O)C1c3ccccc3Cc3ccccc31)C2)Nc1ccon1. The van der Waals surface area contributed by atoms with Gasteiger partial charge in [0.15, 0.2) is 18.5 Å². The van der Waals surface area contributed by atoms with Crippen LogP contribution in [-0.4, -0.2) is 53.8 Å². The Balaban J connectivity index is 1.20. The smallest absolute Gasteiger partial charge is 0.318 e. The fourth-order valence-electron chi connectivity index (χ4n) is 6.14. The molecule has 1 N–H and O–H groups in total. The van der Waals surface area contributed by atoms with Gasteiger partial charge >= 0.3 is 5.97 Å². The van der Waals surface area contributed by atoms with Crippen LogP contribution in [0.5, 0.6) is 0 Å². The van der Waals surface area contributed by atoms with E-state index in [0.717, 1.165) is 43.5 Å². The number of hydrogen-bond donors (Lipinski definition) is 1. The van der Waals surface area contributed by atoms with Gasteiger partial charge in [0.05, 0.1) is 13.1 Å². The number of piperidine rings is 3. The molecule has 1 aliphatic carbocycles. The fourth-order valence-corrected chi connectivity index (χ4v) is 6.14. The van der Waals surface area contributed by atoms with Crippen molar-refractivity contribution in [3.8, 4) is 0 Å². The van der Waals surface area contributed by atoms with Crippen LogP contribution < -0.4 is 5.32 Å². The molecule has 34 heavy (non-hydrogen) atoms. The summed E-state index contributed by atoms with van der Waals surface area (Å²) in [4.78, 5) is 26.4. The van der Waals surface area contributed by atoms with Gasteiger partial charge in [0, 0.05) is 24.8 Å². The van der Waals surface area contributed by atoms with E-state index in [1.807, 2.05) is 24.3 Å². The number of fused-ring (bicyclic) bond motifs is 5. The van der Waals surface area contributed by atoms with Gasteiger partial charge in [-0.05, 0) is 28.7 Å². The number of esters is 1. The maximum Gasteiger partial charge on any atom is 0.318 e. The van der Waals surface area contributed by atoms with E-state index < -0.39 is 5.92 Å². The number of rotatable bonds is 5. The molecule has 0 spiro atoms. The van der Waals surface area contributed by atoms with Gasteiger partial charge in [0.1, 0.15) is 18.7 Å². The monoisotopic (exact) mass is 458 g/mol. The molecule has 3 fully saturated rings. The number of ether oxygens (including phenoxy) is 1. The lowest BCUT2D eigenvalue weighted by Crippen LogP contribution is -2.66. The van der Waals surface area contributed by atoms with Gasteiger partial charge in [0.25, 0.3) is 5.91 Å². The summed E-state index contributed by atoms with van der Waals surface area (Å²) in [5, 5.41) is 6.58.